The lowest BCUT2D eigenvalue weighted by Gasteiger charge is -2.31. The zero-order chi connectivity index (χ0) is 14.2. The number of hydrogen-bond acceptors (Lipinski definition) is 3. The van der Waals surface area contributed by atoms with E-state index >= 15 is 0 Å². The maximum Gasteiger partial charge on any atom is 0.241 e. The minimum Gasteiger partial charge on any atom is -0.324 e. The molecule has 0 saturated carbocycles. The van der Waals surface area contributed by atoms with Crippen LogP contribution >= 0.6 is 0 Å². The SMILES string of the molecule is CC(C)C1NC(C(C)C)N(CC2CCCN2C)C1=O. The molecule has 1 amide bonds. The minimum absolute atomic E-state index is 0.000825. The predicted molar refractivity (Wildman–Crippen MR) is 77.8 cm³/mol. The molecule has 4 nitrogen and oxygen atoms in total. The highest BCUT2D eigenvalue weighted by Crippen LogP contribution is 2.25. The fourth-order valence-electron chi connectivity index (χ4n) is 3.33. The van der Waals surface area contributed by atoms with Crippen molar-refractivity contribution in [2.75, 3.05) is 20.1 Å². The summed E-state index contributed by atoms with van der Waals surface area (Å²) in [5.74, 6) is 1.12. The summed E-state index contributed by atoms with van der Waals surface area (Å²) in [7, 11) is 2.18. The molecule has 2 heterocycles. The molecule has 2 fully saturated rings. The summed E-state index contributed by atoms with van der Waals surface area (Å²) in [6, 6.07) is 0.539. The summed E-state index contributed by atoms with van der Waals surface area (Å²) in [4.78, 5) is 17.1. The molecule has 19 heavy (non-hydrogen) atoms. The molecule has 0 spiro atoms. The first-order chi connectivity index (χ1) is 8.91. The third kappa shape index (κ3) is 2.95. The second kappa shape index (κ2) is 5.80. The minimum atomic E-state index is -0.000825. The normalized spacial score (nSPS) is 33.1. The van der Waals surface area contributed by atoms with Crippen LogP contribution in [-0.2, 0) is 4.79 Å². The number of amides is 1. The van der Waals surface area contributed by atoms with E-state index in [0.717, 1.165) is 6.54 Å². The molecule has 1 N–H and O–H groups in total. The third-order valence-corrected chi connectivity index (χ3v) is 4.61. The Morgan fingerprint density at radius 1 is 1.26 bits per heavy atom. The van der Waals surface area contributed by atoms with Crippen LogP contribution < -0.4 is 5.32 Å². The van der Waals surface area contributed by atoms with Gasteiger partial charge in [-0.3, -0.25) is 10.1 Å². The van der Waals surface area contributed by atoms with Gasteiger partial charge < -0.3 is 9.80 Å². The van der Waals surface area contributed by atoms with Gasteiger partial charge in [0.1, 0.15) is 0 Å². The van der Waals surface area contributed by atoms with Crippen LogP contribution in [0.3, 0.4) is 0 Å². The molecule has 3 unspecified atom stereocenters. The van der Waals surface area contributed by atoms with Gasteiger partial charge in [0.15, 0.2) is 0 Å². The summed E-state index contributed by atoms with van der Waals surface area (Å²) in [5, 5.41) is 3.54. The fraction of sp³-hybridized carbons (Fsp3) is 0.933. The maximum atomic E-state index is 12.6. The van der Waals surface area contributed by atoms with E-state index in [9.17, 15) is 4.79 Å². The van der Waals surface area contributed by atoms with Gasteiger partial charge in [0.25, 0.3) is 0 Å². The van der Waals surface area contributed by atoms with Crippen LogP contribution in [0.2, 0.25) is 0 Å². The molecule has 0 aromatic rings. The molecule has 0 aromatic heterocycles. The van der Waals surface area contributed by atoms with Gasteiger partial charge >= 0.3 is 0 Å². The molecule has 0 aromatic carbocycles. The summed E-state index contributed by atoms with van der Waals surface area (Å²) >= 11 is 0. The topological polar surface area (TPSA) is 35.6 Å². The van der Waals surface area contributed by atoms with Crippen molar-refractivity contribution in [1.29, 1.82) is 0 Å². The molecule has 2 rings (SSSR count). The van der Waals surface area contributed by atoms with E-state index in [4.69, 9.17) is 0 Å². The Labute approximate surface area is 117 Å². The predicted octanol–water partition coefficient (Wildman–Crippen LogP) is 1.52. The Morgan fingerprint density at radius 2 is 1.95 bits per heavy atom. The zero-order valence-corrected chi connectivity index (χ0v) is 13.0. The van der Waals surface area contributed by atoms with E-state index in [1.54, 1.807) is 0 Å². The molecule has 3 atom stereocenters. The number of carbonyl (C=O) groups is 1. The Bertz CT molecular complexity index is 329. The standard InChI is InChI=1S/C15H29N3O/c1-10(2)13-15(19)18(14(16-13)11(3)4)9-12-7-6-8-17(12)5/h10-14,16H,6-9H2,1-5H3. The highest BCUT2D eigenvalue weighted by atomic mass is 16.2. The van der Waals surface area contributed by atoms with Gasteiger partial charge in [-0.25, -0.2) is 0 Å². The van der Waals surface area contributed by atoms with Gasteiger partial charge in [0.05, 0.1) is 12.2 Å². The number of likely N-dealkylation sites (N-methyl/N-ethyl adjacent to an activating group) is 1. The second-order valence-electron chi connectivity index (χ2n) is 6.84. The number of carbonyl (C=O) groups excluding carboxylic acids is 1. The molecule has 2 aliphatic rings. The number of nitrogens with one attached hydrogen (secondary N) is 1. The van der Waals surface area contributed by atoms with E-state index in [1.807, 2.05) is 0 Å². The Kier molecular flexibility index (Phi) is 4.51. The van der Waals surface area contributed by atoms with E-state index in [-0.39, 0.29) is 12.2 Å². The first-order valence-corrected chi connectivity index (χ1v) is 7.68. The van der Waals surface area contributed by atoms with Crippen LogP contribution in [0.4, 0.5) is 0 Å². The van der Waals surface area contributed by atoms with Crippen LogP contribution in [0.1, 0.15) is 40.5 Å². The van der Waals surface area contributed by atoms with E-state index in [1.165, 1.54) is 19.4 Å². The zero-order valence-electron chi connectivity index (χ0n) is 13.0. The maximum absolute atomic E-state index is 12.6. The Morgan fingerprint density at radius 3 is 2.42 bits per heavy atom. The van der Waals surface area contributed by atoms with Crippen LogP contribution in [0, 0.1) is 11.8 Å². The van der Waals surface area contributed by atoms with Crippen molar-refractivity contribution in [3.8, 4) is 0 Å². The van der Waals surface area contributed by atoms with Crippen LogP contribution in [-0.4, -0.2) is 54.1 Å². The highest BCUT2D eigenvalue weighted by Gasteiger charge is 2.42. The number of hydrogen-bond donors (Lipinski definition) is 1. The fourth-order valence-corrected chi connectivity index (χ4v) is 3.33. The van der Waals surface area contributed by atoms with E-state index in [2.05, 4.69) is 49.9 Å². The Balaban J connectivity index is 2.08. The van der Waals surface area contributed by atoms with Gasteiger partial charge in [0.2, 0.25) is 5.91 Å². The lowest BCUT2D eigenvalue weighted by molar-refractivity contribution is -0.131. The van der Waals surface area contributed by atoms with Crippen molar-refractivity contribution in [3.05, 3.63) is 0 Å². The lowest BCUT2D eigenvalue weighted by atomic mass is 10.0. The van der Waals surface area contributed by atoms with E-state index in [0.29, 0.717) is 23.8 Å². The number of likely N-dealkylation sites (tertiary alicyclic amines) is 1. The lowest BCUT2D eigenvalue weighted by Crippen LogP contribution is -2.47. The van der Waals surface area contributed by atoms with Crippen molar-refractivity contribution >= 4 is 5.91 Å². The van der Waals surface area contributed by atoms with Gasteiger partial charge in [-0.2, -0.15) is 0 Å². The number of rotatable bonds is 4. The van der Waals surface area contributed by atoms with Crippen molar-refractivity contribution in [3.63, 3.8) is 0 Å². The molecule has 110 valence electrons. The molecule has 0 aliphatic carbocycles. The molecular weight excluding hydrogens is 238 g/mol. The monoisotopic (exact) mass is 267 g/mol. The molecule has 2 aliphatic heterocycles. The highest BCUT2D eigenvalue weighted by molar-refractivity contribution is 5.84. The first-order valence-electron chi connectivity index (χ1n) is 7.68. The van der Waals surface area contributed by atoms with Gasteiger partial charge in [-0.1, -0.05) is 27.7 Å². The molecular formula is C15H29N3O. The average molecular weight is 267 g/mol. The van der Waals surface area contributed by atoms with E-state index < -0.39 is 0 Å². The molecule has 0 bridgehead atoms. The summed E-state index contributed by atoms with van der Waals surface area (Å²) < 4.78 is 0. The second-order valence-corrected chi connectivity index (χ2v) is 6.84. The number of nitrogens with zero attached hydrogens (tertiary/aromatic N) is 2. The van der Waals surface area contributed by atoms with Gasteiger partial charge in [-0.15, -0.1) is 0 Å². The summed E-state index contributed by atoms with van der Waals surface area (Å²) in [5.41, 5.74) is 0. The summed E-state index contributed by atoms with van der Waals surface area (Å²) in [6.07, 6.45) is 2.68. The van der Waals surface area contributed by atoms with Gasteiger partial charge in [-0.05, 0) is 38.3 Å². The third-order valence-electron chi connectivity index (χ3n) is 4.61. The quantitative estimate of drug-likeness (QED) is 0.839. The Hall–Kier alpha value is -0.610. The molecule has 0 radical (unpaired) electrons. The summed E-state index contributed by atoms with van der Waals surface area (Å²) in [6.45, 7) is 10.7. The smallest absolute Gasteiger partial charge is 0.241 e. The first kappa shape index (κ1) is 14.8. The largest absolute Gasteiger partial charge is 0.324 e. The molecule has 2 saturated heterocycles. The van der Waals surface area contributed by atoms with Crippen molar-refractivity contribution in [1.82, 2.24) is 15.1 Å². The van der Waals surface area contributed by atoms with Crippen molar-refractivity contribution < 1.29 is 4.79 Å². The van der Waals surface area contributed by atoms with Gasteiger partial charge in [0, 0.05) is 12.6 Å². The van der Waals surface area contributed by atoms with Crippen LogP contribution in [0.5, 0.6) is 0 Å². The van der Waals surface area contributed by atoms with Crippen LogP contribution in [0.25, 0.3) is 0 Å². The van der Waals surface area contributed by atoms with Crippen LogP contribution in [0.15, 0.2) is 0 Å². The molecule has 4 heteroatoms. The van der Waals surface area contributed by atoms with Crippen molar-refractivity contribution in [2.24, 2.45) is 11.8 Å². The average Bonchev–Trinajstić information content (AvgIpc) is 2.86. The van der Waals surface area contributed by atoms with Crippen molar-refractivity contribution in [2.45, 2.75) is 58.8 Å².